The highest BCUT2D eigenvalue weighted by atomic mass is 16.2. The van der Waals surface area contributed by atoms with Crippen LogP contribution < -0.4 is 11.1 Å². The van der Waals surface area contributed by atoms with Gasteiger partial charge in [-0.2, -0.15) is 0 Å². The molecule has 106 valence electrons. The van der Waals surface area contributed by atoms with Gasteiger partial charge in [-0.1, -0.05) is 25.5 Å². The highest BCUT2D eigenvalue weighted by Gasteiger charge is 2.20. The standard InChI is InChI=1S/C14H18N4O2/c1-2-5-9(15)13(19)14(20)16-8-12-17-10-6-3-4-7-11(10)18-12/h3-4,6-7,9H,2,5,8,15H2,1H3,(H,16,20)(H,17,18). The zero-order chi connectivity index (χ0) is 14.5. The lowest BCUT2D eigenvalue weighted by atomic mass is 10.1. The van der Waals surface area contributed by atoms with Crippen LogP contribution in [0.4, 0.5) is 0 Å². The SMILES string of the molecule is CCCC(N)C(=O)C(=O)NCc1nc2ccccc2[nH]1. The molecule has 1 aromatic heterocycles. The summed E-state index contributed by atoms with van der Waals surface area (Å²) in [6, 6.07) is 6.83. The number of H-pyrrole nitrogens is 1. The first kappa shape index (κ1) is 14.2. The van der Waals surface area contributed by atoms with Crippen molar-refractivity contribution in [2.75, 3.05) is 0 Å². The second-order valence-corrected chi connectivity index (χ2v) is 4.64. The van der Waals surface area contributed by atoms with E-state index in [2.05, 4.69) is 15.3 Å². The maximum absolute atomic E-state index is 11.7. The lowest BCUT2D eigenvalue weighted by molar-refractivity contribution is -0.138. The summed E-state index contributed by atoms with van der Waals surface area (Å²) in [6.07, 6.45) is 1.28. The molecule has 1 heterocycles. The fourth-order valence-electron chi connectivity index (χ4n) is 1.95. The Bertz CT molecular complexity index is 587. The third-order valence-corrected chi connectivity index (χ3v) is 3.02. The van der Waals surface area contributed by atoms with Crippen LogP contribution in [-0.4, -0.2) is 27.7 Å². The third-order valence-electron chi connectivity index (χ3n) is 3.02. The van der Waals surface area contributed by atoms with E-state index in [4.69, 9.17) is 5.73 Å². The van der Waals surface area contributed by atoms with Crippen molar-refractivity contribution in [3.05, 3.63) is 30.1 Å². The molecule has 0 aliphatic rings. The molecule has 6 heteroatoms. The van der Waals surface area contributed by atoms with Crippen LogP contribution in [0.5, 0.6) is 0 Å². The number of ketones is 1. The van der Waals surface area contributed by atoms with Gasteiger partial charge in [0.15, 0.2) is 0 Å². The molecule has 20 heavy (non-hydrogen) atoms. The Morgan fingerprint density at radius 3 is 2.85 bits per heavy atom. The van der Waals surface area contributed by atoms with Crippen LogP contribution in [-0.2, 0) is 16.1 Å². The minimum atomic E-state index is -0.726. The molecule has 1 amide bonds. The Labute approximate surface area is 116 Å². The first-order chi connectivity index (χ1) is 9.61. The van der Waals surface area contributed by atoms with Gasteiger partial charge in [-0.25, -0.2) is 4.98 Å². The van der Waals surface area contributed by atoms with Gasteiger partial charge in [0.25, 0.3) is 5.91 Å². The van der Waals surface area contributed by atoms with Gasteiger partial charge in [0.2, 0.25) is 5.78 Å². The number of nitrogens with two attached hydrogens (primary N) is 1. The quantitative estimate of drug-likeness (QED) is 0.680. The molecule has 2 aromatic rings. The van der Waals surface area contributed by atoms with Crippen LogP contribution >= 0.6 is 0 Å². The maximum atomic E-state index is 11.7. The van der Waals surface area contributed by atoms with Gasteiger partial charge in [0.1, 0.15) is 5.82 Å². The number of hydrogen-bond donors (Lipinski definition) is 3. The molecule has 0 radical (unpaired) electrons. The van der Waals surface area contributed by atoms with E-state index in [1.165, 1.54) is 0 Å². The van der Waals surface area contributed by atoms with Crippen molar-refractivity contribution in [2.24, 2.45) is 5.73 Å². The number of nitrogens with zero attached hydrogens (tertiary/aromatic N) is 1. The van der Waals surface area contributed by atoms with Crippen molar-refractivity contribution in [1.29, 1.82) is 0 Å². The Morgan fingerprint density at radius 1 is 1.40 bits per heavy atom. The molecule has 0 spiro atoms. The lowest BCUT2D eigenvalue weighted by Gasteiger charge is -2.08. The minimum Gasteiger partial charge on any atom is -0.342 e. The Balaban J connectivity index is 1.94. The summed E-state index contributed by atoms with van der Waals surface area (Å²) in [5.41, 5.74) is 7.34. The molecular weight excluding hydrogens is 256 g/mol. The van der Waals surface area contributed by atoms with Crippen LogP contribution in [0.25, 0.3) is 11.0 Å². The normalized spacial score (nSPS) is 12.3. The van der Waals surface area contributed by atoms with Crippen molar-refractivity contribution in [3.8, 4) is 0 Å². The van der Waals surface area contributed by atoms with E-state index in [9.17, 15) is 9.59 Å². The first-order valence-electron chi connectivity index (χ1n) is 6.63. The van der Waals surface area contributed by atoms with E-state index in [1.54, 1.807) is 0 Å². The number of rotatable bonds is 6. The number of fused-ring (bicyclic) bond motifs is 1. The zero-order valence-corrected chi connectivity index (χ0v) is 11.3. The topological polar surface area (TPSA) is 101 Å². The molecule has 0 saturated heterocycles. The summed E-state index contributed by atoms with van der Waals surface area (Å²) in [5, 5.41) is 2.54. The van der Waals surface area contributed by atoms with Crippen molar-refractivity contribution in [3.63, 3.8) is 0 Å². The predicted molar refractivity (Wildman–Crippen MR) is 75.8 cm³/mol. The molecule has 2 rings (SSSR count). The number of Topliss-reactive ketones (excluding diaryl/α,β-unsaturated/α-hetero) is 1. The summed E-state index contributed by atoms with van der Waals surface area (Å²) in [5.74, 6) is -0.634. The van der Waals surface area contributed by atoms with E-state index >= 15 is 0 Å². The molecule has 0 fully saturated rings. The number of benzene rings is 1. The van der Waals surface area contributed by atoms with Crippen LogP contribution in [0.1, 0.15) is 25.6 Å². The van der Waals surface area contributed by atoms with Gasteiger partial charge in [-0.05, 0) is 18.6 Å². The number of hydrogen-bond acceptors (Lipinski definition) is 4. The number of carbonyl (C=O) groups is 2. The summed E-state index contributed by atoms with van der Waals surface area (Å²) in [7, 11) is 0. The Hall–Kier alpha value is -2.21. The number of para-hydroxylation sites is 2. The molecule has 0 saturated carbocycles. The largest absolute Gasteiger partial charge is 0.342 e. The molecule has 1 unspecified atom stereocenters. The van der Waals surface area contributed by atoms with Crippen molar-refractivity contribution in [2.45, 2.75) is 32.4 Å². The first-order valence-corrected chi connectivity index (χ1v) is 6.63. The van der Waals surface area contributed by atoms with Crippen LogP contribution in [0, 0.1) is 0 Å². The molecule has 0 aliphatic heterocycles. The molecule has 1 atom stereocenters. The average molecular weight is 274 g/mol. The second-order valence-electron chi connectivity index (χ2n) is 4.64. The van der Waals surface area contributed by atoms with Crippen LogP contribution in [0.2, 0.25) is 0 Å². The monoisotopic (exact) mass is 274 g/mol. The summed E-state index contributed by atoms with van der Waals surface area (Å²) in [4.78, 5) is 30.7. The number of carbonyl (C=O) groups excluding carboxylic acids is 2. The molecule has 1 aromatic carbocycles. The summed E-state index contributed by atoms with van der Waals surface area (Å²) in [6.45, 7) is 2.09. The van der Waals surface area contributed by atoms with Crippen molar-refractivity contribution < 1.29 is 9.59 Å². The van der Waals surface area contributed by atoms with Crippen molar-refractivity contribution >= 4 is 22.7 Å². The molecule has 6 nitrogen and oxygen atoms in total. The third kappa shape index (κ3) is 3.21. The van der Waals surface area contributed by atoms with E-state index in [0.717, 1.165) is 17.5 Å². The predicted octanol–water partition coefficient (Wildman–Crippen LogP) is 0.876. The average Bonchev–Trinajstić information content (AvgIpc) is 2.87. The van der Waals surface area contributed by atoms with Gasteiger partial charge < -0.3 is 16.0 Å². The zero-order valence-electron chi connectivity index (χ0n) is 11.3. The Morgan fingerprint density at radius 2 is 2.15 bits per heavy atom. The van der Waals surface area contributed by atoms with E-state index < -0.39 is 17.7 Å². The fraction of sp³-hybridized carbons (Fsp3) is 0.357. The molecule has 4 N–H and O–H groups in total. The molecule has 0 bridgehead atoms. The maximum Gasteiger partial charge on any atom is 0.289 e. The van der Waals surface area contributed by atoms with Crippen molar-refractivity contribution in [1.82, 2.24) is 15.3 Å². The van der Waals surface area contributed by atoms with E-state index in [-0.39, 0.29) is 6.54 Å². The summed E-state index contributed by atoms with van der Waals surface area (Å²) >= 11 is 0. The van der Waals surface area contributed by atoms with Gasteiger partial charge in [0.05, 0.1) is 23.6 Å². The minimum absolute atomic E-state index is 0.179. The van der Waals surface area contributed by atoms with Crippen LogP contribution in [0.3, 0.4) is 0 Å². The van der Waals surface area contributed by atoms with Gasteiger partial charge in [-0.15, -0.1) is 0 Å². The summed E-state index contributed by atoms with van der Waals surface area (Å²) < 4.78 is 0. The van der Waals surface area contributed by atoms with Gasteiger partial charge in [-0.3, -0.25) is 9.59 Å². The lowest BCUT2D eigenvalue weighted by Crippen LogP contribution is -2.42. The second kappa shape index (κ2) is 6.29. The van der Waals surface area contributed by atoms with E-state index in [0.29, 0.717) is 12.2 Å². The number of aromatic nitrogens is 2. The number of imidazole rings is 1. The Kier molecular flexibility index (Phi) is 4.47. The smallest absolute Gasteiger partial charge is 0.289 e. The fourth-order valence-corrected chi connectivity index (χ4v) is 1.95. The number of aromatic amines is 1. The van der Waals surface area contributed by atoms with E-state index in [1.807, 2.05) is 31.2 Å². The molecular formula is C14H18N4O2. The highest BCUT2D eigenvalue weighted by Crippen LogP contribution is 2.09. The highest BCUT2D eigenvalue weighted by molar-refractivity contribution is 6.38. The van der Waals surface area contributed by atoms with Crippen LogP contribution in [0.15, 0.2) is 24.3 Å². The number of amides is 1. The molecule has 0 aliphatic carbocycles. The van der Waals surface area contributed by atoms with Gasteiger partial charge in [0, 0.05) is 0 Å². The number of nitrogens with one attached hydrogen (secondary N) is 2. The van der Waals surface area contributed by atoms with Gasteiger partial charge >= 0.3 is 0 Å².